The van der Waals surface area contributed by atoms with Gasteiger partial charge in [0.05, 0.1) is 6.61 Å². The lowest BCUT2D eigenvalue weighted by Gasteiger charge is -2.23. The highest BCUT2D eigenvalue weighted by molar-refractivity contribution is 9.10. The van der Waals surface area contributed by atoms with Gasteiger partial charge < -0.3 is 10.1 Å². The molecule has 2 aliphatic rings. The molecule has 0 saturated carbocycles. The fourth-order valence-electron chi connectivity index (χ4n) is 3.11. The molecule has 0 radical (unpaired) electrons. The maximum Gasteiger partial charge on any atom is 0.125 e. The average molecular weight is 342 g/mol. The summed E-state index contributed by atoms with van der Waals surface area (Å²) >= 11 is 5.72. The quantitative estimate of drug-likeness (QED) is 0.908. The Bertz CT molecular complexity index is 460. The maximum absolute atomic E-state index is 5.84. The van der Waals surface area contributed by atoms with Crippen molar-refractivity contribution in [2.24, 2.45) is 5.92 Å². The molecule has 1 N–H and O–H groups in total. The molecule has 19 heavy (non-hydrogen) atoms. The van der Waals surface area contributed by atoms with Crippen LogP contribution in [-0.2, 0) is 12.8 Å². The fraction of sp³-hybridized carbons (Fsp3) is 0.600. The number of hydrogen-bond acceptors (Lipinski definition) is 3. The van der Waals surface area contributed by atoms with Crippen molar-refractivity contribution >= 4 is 27.7 Å². The Labute approximate surface area is 127 Å². The lowest BCUT2D eigenvalue weighted by Crippen LogP contribution is -2.35. The normalized spacial score (nSPS) is 23.2. The number of ether oxygens (including phenoxy) is 1. The fourth-order valence-corrected chi connectivity index (χ4v) is 5.00. The standard InChI is InChI=1S/C15H20BrNOS/c1-17-14(11-3-5-19-9-11)8-12-7-13(16)6-10-2-4-18-15(10)12/h6-7,11,14,17H,2-5,8-9H2,1H3. The Balaban J connectivity index is 1.81. The van der Waals surface area contributed by atoms with Crippen molar-refractivity contribution in [3.8, 4) is 5.75 Å². The zero-order valence-electron chi connectivity index (χ0n) is 11.2. The van der Waals surface area contributed by atoms with Crippen molar-refractivity contribution < 1.29 is 4.74 Å². The predicted molar refractivity (Wildman–Crippen MR) is 85.3 cm³/mol. The minimum absolute atomic E-state index is 0.567. The molecule has 4 heteroatoms. The first kappa shape index (κ1) is 13.8. The lowest BCUT2D eigenvalue weighted by atomic mass is 9.92. The van der Waals surface area contributed by atoms with E-state index in [0.29, 0.717) is 6.04 Å². The molecule has 2 heterocycles. The third-order valence-corrected chi connectivity index (χ3v) is 5.82. The van der Waals surface area contributed by atoms with E-state index in [2.05, 4.69) is 52.2 Å². The van der Waals surface area contributed by atoms with Crippen LogP contribution in [0.2, 0.25) is 0 Å². The number of likely N-dealkylation sites (N-methyl/N-ethyl adjacent to an activating group) is 1. The second-order valence-corrected chi connectivity index (χ2v) is 7.44. The Hall–Kier alpha value is -0.190. The summed E-state index contributed by atoms with van der Waals surface area (Å²) in [6.45, 7) is 0.836. The van der Waals surface area contributed by atoms with Crippen LogP contribution in [0.25, 0.3) is 0 Å². The Kier molecular flexibility index (Phi) is 4.40. The van der Waals surface area contributed by atoms with Gasteiger partial charge >= 0.3 is 0 Å². The first-order valence-electron chi connectivity index (χ1n) is 6.97. The lowest BCUT2D eigenvalue weighted by molar-refractivity contribution is 0.346. The van der Waals surface area contributed by atoms with E-state index in [-0.39, 0.29) is 0 Å². The molecule has 1 fully saturated rings. The van der Waals surface area contributed by atoms with Crippen LogP contribution in [0.3, 0.4) is 0 Å². The molecular formula is C15H20BrNOS. The van der Waals surface area contributed by atoms with Gasteiger partial charge in [-0.05, 0) is 60.6 Å². The van der Waals surface area contributed by atoms with Gasteiger partial charge in [-0.3, -0.25) is 0 Å². The number of nitrogens with one attached hydrogen (secondary N) is 1. The second kappa shape index (κ2) is 6.06. The van der Waals surface area contributed by atoms with Crippen LogP contribution in [-0.4, -0.2) is 31.2 Å². The molecule has 0 amide bonds. The summed E-state index contributed by atoms with van der Waals surface area (Å²) in [5.74, 6) is 4.55. The number of thioether (sulfide) groups is 1. The molecule has 2 atom stereocenters. The maximum atomic E-state index is 5.84. The summed E-state index contributed by atoms with van der Waals surface area (Å²) in [5.41, 5.74) is 2.72. The minimum atomic E-state index is 0.567. The number of hydrogen-bond donors (Lipinski definition) is 1. The molecule has 0 aromatic heterocycles. The van der Waals surface area contributed by atoms with Gasteiger partial charge in [0.25, 0.3) is 0 Å². The van der Waals surface area contributed by atoms with Crippen LogP contribution in [0.15, 0.2) is 16.6 Å². The third kappa shape index (κ3) is 2.96. The molecule has 2 nitrogen and oxygen atoms in total. The van der Waals surface area contributed by atoms with Crippen molar-refractivity contribution in [2.45, 2.75) is 25.3 Å². The summed E-state index contributed by atoms with van der Waals surface area (Å²) in [7, 11) is 2.09. The van der Waals surface area contributed by atoms with Crippen LogP contribution in [0.1, 0.15) is 17.5 Å². The Morgan fingerprint density at radius 3 is 3.16 bits per heavy atom. The van der Waals surface area contributed by atoms with Crippen molar-refractivity contribution in [2.75, 3.05) is 25.2 Å². The van der Waals surface area contributed by atoms with E-state index in [0.717, 1.165) is 31.1 Å². The van der Waals surface area contributed by atoms with Gasteiger partial charge in [-0.2, -0.15) is 11.8 Å². The van der Waals surface area contributed by atoms with Crippen molar-refractivity contribution in [3.63, 3.8) is 0 Å². The first-order chi connectivity index (χ1) is 9.28. The number of fused-ring (bicyclic) bond motifs is 1. The highest BCUT2D eigenvalue weighted by Crippen LogP contribution is 2.35. The van der Waals surface area contributed by atoms with Crippen molar-refractivity contribution in [1.29, 1.82) is 0 Å². The van der Waals surface area contributed by atoms with Gasteiger partial charge in [0, 0.05) is 16.9 Å². The smallest absolute Gasteiger partial charge is 0.125 e. The Morgan fingerprint density at radius 2 is 2.42 bits per heavy atom. The molecule has 0 spiro atoms. The average Bonchev–Trinajstić information content (AvgIpc) is 3.05. The topological polar surface area (TPSA) is 21.3 Å². The number of benzene rings is 1. The van der Waals surface area contributed by atoms with Gasteiger partial charge in [-0.25, -0.2) is 0 Å². The van der Waals surface area contributed by atoms with E-state index in [1.165, 1.54) is 33.5 Å². The van der Waals surface area contributed by atoms with Gasteiger partial charge in [0.1, 0.15) is 5.75 Å². The molecule has 1 aromatic rings. The summed E-state index contributed by atoms with van der Waals surface area (Å²) in [4.78, 5) is 0. The SMILES string of the molecule is CNC(Cc1cc(Br)cc2c1OCC2)C1CCSC1. The third-order valence-electron chi connectivity index (χ3n) is 4.17. The molecule has 0 aliphatic carbocycles. The van der Waals surface area contributed by atoms with Crippen molar-refractivity contribution in [3.05, 3.63) is 27.7 Å². The van der Waals surface area contributed by atoms with E-state index in [1.807, 2.05) is 0 Å². The highest BCUT2D eigenvalue weighted by atomic mass is 79.9. The van der Waals surface area contributed by atoms with Crippen LogP contribution >= 0.6 is 27.7 Å². The van der Waals surface area contributed by atoms with E-state index >= 15 is 0 Å². The van der Waals surface area contributed by atoms with Crippen LogP contribution < -0.4 is 10.1 Å². The molecular weight excluding hydrogens is 322 g/mol. The zero-order valence-corrected chi connectivity index (χ0v) is 13.6. The Morgan fingerprint density at radius 1 is 1.53 bits per heavy atom. The molecule has 3 rings (SSSR count). The van der Waals surface area contributed by atoms with E-state index in [4.69, 9.17) is 4.74 Å². The molecule has 1 aromatic carbocycles. The largest absolute Gasteiger partial charge is 0.493 e. The van der Waals surface area contributed by atoms with E-state index < -0.39 is 0 Å². The van der Waals surface area contributed by atoms with Gasteiger partial charge in [-0.15, -0.1) is 0 Å². The van der Waals surface area contributed by atoms with E-state index in [1.54, 1.807) is 0 Å². The summed E-state index contributed by atoms with van der Waals surface area (Å²) in [6, 6.07) is 5.00. The molecule has 104 valence electrons. The predicted octanol–water partition coefficient (Wildman–Crippen LogP) is 3.27. The summed E-state index contributed by atoms with van der Waals surface area (Å²) in [5, 5.41) is 3.52. The molecule has 1 saturated heterocycles. The molecule has 0 bridgehead atoms. The molecule has 2 unspecified atom stereocenters. The first-order valence-corrected chi connectivity index (χ1v) is 8.92. The van der Waals surface area contributed by atoms with Gasteiger partial charge in [0.15, 0.2) is 0 Å². The number of halogens is 1. The van der Waals surface area contributed by atoms with E-state index in [9.17, 15) is 0 Å². The monoisotopic (exact) mass is 341 g/mol. The van der Waals surface area contributed by atoms with Gasteiger partial charge in [-0.1, -0.05) is 15.9 Å². The minimum Gasteiger partial charge on any atom is -0.493 e. The zero-order chi connectivity index (χ0) is 13.2. The summed E-state index contributed by atoms with van der Waals surface area (Å²) < 4.78 is 7.02. The van der Waals surface area contributed by atoms with Crippen LogP contribution in [0.4, 0.5) is 0 Å². The summed E-state index contributed by atoms with van der Waals surface area (Å²) in [6.07, 6.45) is 3.46. The van der Waals surface area contributed by atoms with Crippen LogP contribution in [0, 0.1) is 5.92 Å². The second-order valence-electron chi connectivity index (χ2n) is 5.37. The van der Waals surface area contributed by atoms with Crippen molar-refractivity contribution in [1.82, 2.24) is 5.32 Å². The van der Waals surface area contributed by atoms with Crippen LogP contribution in [0.5, 0.6) is 5.75 Å². The molecule has 2 aliphatic heterocycles. The van der Waals surface area contributed by atoms with Gasteiger partial charge in [0.2, 0.25) is 0 Å². The highest BCUT2D eigenvalue weighted by Gasteiger charge is 2.26. The number of rotatable bonds is 4.